The lowest BCUT2D eigenvalue weighted by molar-refractivity contribution is 0.150. The highest BCUT2D eigenvalue weighted by Crippen LogP contribution is 2.40. The lowest BCUT2D eigenvalue weighted by atomic mass is 10.0. The number of nitrogens with one attached hydrogen (secondary N) is 1. The molecule has 0 spiro atoms. The minimum Gasteiger partial charge on any atom is -0.385 e. The van der Waals surface area contributed by atoms with E-state index in [1.54, 1.807) is 0 Å². The van der Waals surface area contributed by atoms with E-state index in [2.05, 4.69) is 34.5 Å². The molecule has 2 saturated heterocycles. The molecule has 1 aromatic rings. The van der Waals surface area contributed by atoms with E-state index in [0.29, 0.717) is 6.04 Å². The van der Waals surface area contributed by atoms with E-state index >= 15 is 0 Å². The van der Waals surface area contributed by atoms with Crippen LogP contribution in [0.2, 0.25) is 0 Å². The number of anilines is 1. The molecule has 3 heteroatoms. The number of benzene rings is 1. The van der Waals surface area contributed by atoms with Crippen molar-refractivity contribution in [2.24, 2.45) is 5.73 Å². The zero-order valence-corrected chi connectivity index (χ0v) is 12.4. The van der Waals surface area contributed by atoms with Gasteiger partial charge in [-0.05, 0) is 62.9 Å². The van der Waals surface area contributed by atoms with Crippen molar-refractivity contribution in [1.82, 2.24) is 4.90 Å². The van der Waals surface area contributed by atoms with E-state index in [1.165, 1.54) is 49.9 Å². The summed E-state index contributed by atoms with van der Waals surface area (Å²) in [6, 6.07) is 10.5. The Balaban J connectivity index is 1.68. The summed E-state index contributed by atoms with van der Waals surface area (Å²) in [6.45, 7) is 3.02. The number of nitrogens with zero attached hydrogens (tertiary/aromatic N) is 1. The van der Waals surface area contributed by atoms with Gasteiger partial charge in [0, 0.05) is 24.3 Å². The van der Waals surface area contributed by atoms with Crippen molar-refractivity contribution in [1.29, 1.82) is 0 Å². The van der Waals surface area contributed by atoms with Crippen molar-refractivity contribution in [2.75, 3.05) is 25.0 Å². The van der Waals surface area contributed by atoms with E-state index in [1.807, 2.05) is 0 Å². The number of fused-ring (bicyclic) bond motifs is 1. The van der Waals surface area contributed by atoms with Gasteiger partial charge in [-0.15, -0.1) is 0 Å². The fourth-order valence-corrected chi connectivity index (χ4v) is 3.81. The maximum Gasteiger partial charge on any atom is 0.0352 e. The maximum absolute atomic E-state index is 5.55. The molecule has 2 aliphatic heterocycles. The predicted molar refractivity (Wildman–Crippen MR) is 84.9 cm³/mol. The first-order valence-electron chi connectivity index (χ1n) is 8.18. The van der Waals surface area contributed by atoms with Gasteiger partial charge in [-0.3, -0.25) is 4.90 Å². The summed E-state index contributed by atoms with van der Waals surface area (Å²) in [6.07, 6.45) is 7.95. The first-order valence-corrected chi connectivity index (χ1v) is 8.18. The van der Waals surface area contributed by atoms with Crippen LogP contribution < -0.4 is 11.1 Å². The van der Waals surface area contributed by atoms with Crippen LogP contribution >= 0.6 is 0 Å². The molecule has 0 saturated carbocycles. The average Bonchev–Trinajstić information content (AvgIpc) is 2.92. The molecule has 2 fully saturated rings. The van der Waals surface area contributed by atoms with Gasteiger partial charge in [-0.25, -0.2) is 0 Å². The standard InChI is InChI=1S/C17H27N3/c18-10-4-11-19-15-6-3-5-14(13-15)17-9-8-16-7-1-2-12-20(16)17/h3,5-6,13,16-17,19H,1-2,4,7-12,18H2. The molecule has 3 nitrogen and oxygen atoms in total. The van der Waals surface area contributed by atoms with Crippen LogP contribution in [-0.2, 0) is 0 Å². The van der Waals surface area contributed by atoms with Crippen LogP contribution in [0.3, 0.4) is 0 Å². The molecule has 0 amide bonds. The first-order chi connectivity index (χ1) is 9.88. The van der Waals surface area contributed by atoms with E-state index in [0.717, 1.165) is 25.6 Å². The van der Waals surface area contributed by atoms with Gasteiger partial charge in [0.25, 0.3) is 0 Å². The highest BCUT2D eigenvalue weighted by atomic mass is 15.2. The summed E-state index contributed by atoms with van der Waals surface area (Å²) in [5.41, 5.74) is 8.29. The summed E-state index contributed by atoms with van der Waals surface area (Å²) >= 11 is 0. The Morgan fingerprint density at radius 3 is 3.05 bits per heavy atom. The van der Waals surface area contributed by atoms with Crippen LogP contribution in [0.25, 0.3) is 0 Å². The Bertz CT molecular complexity index is 432. The minimum absolute atomic E-state index is 0.650. The van der Waals surface area contributed by atoms with E-state index in [4.69, 9.17) is 5.73 Å². The van der Waals surface area contributed by atoms with Gasteiger partial charge in [-0.2, -0.15) is 0 Å². The zero-order chi connectivity index (χ0) is 13.8. The lowest BCUT2D eigenvalue weighted by Crippen LogP contribution is -2.35. The van der Waals surface area contributed by atoms with E-state index in [9.17, 15) is 0 Å². The molecule has 0 aliphatic carbocycles. The minimum atomic E-state index is 0.650. The molecule has 2 unspecified atom stereocenters. The van der Waals surface area contributed by atoms with Gasteiger partial charge < -0.3 is 11.1 Å². The van der Waals surface area contributed by atoms with Crippen molar-refractivity contribution in [3.63, 3.8) is 0 Å². The fraction of sp³-hybridized carbons (Fsp3) is 0.647. The predicted octanol–water partition coefficient (Wildman–Crippen LogP) is 3.14. The third-order valence-electron chi connectivity index (χ3n) is 4.83. The largest absolute Gasteiger partial charge is 0.385 e. The number of rotatable bonds is 5. The molecule has 2 heterocycles. The third kappa shape index (κ3) is 2.99. The summed E-state index contributed by atoms with van der Waals surface area (Å²) in [7, 11) is 0. The van der Waals surface area contributed by atoms with Crippen LogP contribution in [0.15, 0.2) is 24.3 Å². The third-order valence-corrected chi connectivity index (χ3v) is 4.83. The second-order valence-corrected chi connectivity index (χ2v) is 6.18. The topological polar surface area (TPSA) is 41.3 Å². The number of hydrogen-bond acceptors (Lipinski definition) is 3. The van der Waals surface area contributed by atoms with Crippen molar-refractivity contribution >= 4 is 5.69 Å². The highest BCUT2D eigenvalue weighted by molar-refractivity contribution is 5.46. The zero-order valence-electron chi connectivity index (χ0n) is 12.4. The molecule has 3 rings (SSSR count). The summed E-state index contributed by atoms with van der Waals surface area (Å²) in [5.74, 6) is 0. The van der Waals surface area contributed by atoms with Gasteiger partial charge >= 0.3 is 0 Å². The molecule has 3 N–H and O–H groups in total. The molecule has 0 bridgehead atoms. The SMILES string of the molecule is NCCCNc1cccc(C2CCC3CCCCN32)c1. The summed E-state index contributed by atoms with van der Waals surface area (Å²) in [4.78, 5) is 2.75. The molecule has 110 valence electrons. The lowest BCUT2D eigenvalue weighted by Gasteiger charge is -2.34. The number of hydrogen-bond donors (Lipinski definition) is 2. The normalized spacial score (nSPS) is 26.4. The van der Waals surface area contributed by atoms with Crippen LogP contribution in [0, 0.1) is 0 Å². The van der Waals surface area contributed by atoms with Gasteiger partial charge in [0.1, 0.15) is 0 Å². The highest BCUT2D eigenvalue weighted by Gasteiger charge is 2.35. The van der Waals surface area contributed by atoms with Crippen LogP contribution in [0.1, 0.15) is 50.1 Å². The van der Waals surface area contributed by atoms with Gasteiger partial charge in [0.05, 0.1) is 0 Å². The van der Waals surface area contributed by atoms with Crippen molar-refractivity contribution in [3.8, 4) is 0 Å². The monoisotopic (exact) mass is 273 g/mol. The Hall–Kier alpha value is -1.06. The van der Waals surface area contributed by atoms with Crippen molar-refractivity contribution in [2.45, 2.75) is 50.6 Å². The summed E-state index contributed by atoms with van der Waals surface area (Å²) < 4.78 is 0. The number of nitrogens with two attached hydrogens (primary N) is 1. The fourth-order valence-electron chi connectivity index (χ4n) is 3.81. The van der Waals surface area contributed by atoms with E-state index in [-0.39, 0.29) is 0 Å². The van der Waals surface area contributed by atoms with Crippen molar-refractivity contribution in [3.05, 3.63) is 29.8 Å². The average molecular weight is 273 g/mol. The van der Waals surface area contributed by atoms with Gasteiger partial charge in [0.2, 0.25) is 0 Å². The van der Waals surface area contributed by atoms with Crippen LogP contribution in [-0.4, -0.2) is 30.6 Å². The summed E-state index contributed by atoms with van der Waals surface area (Å²) in [5, 5.41) is 3.48. The molecular weight excluding hydrogens is 246 g/mol. The molecular formula is C17H27N3. The Labute approximate surface area is 122 Å². The second kappa shape index (κ2) is 6.59. The van der Waals surface area contributed by atoms with Gasteiger partial charge in [-0.1, -0.05) is 18.6 Å². The molecule has 0 radical (unpaired) electrons. The Morgan fingerprint density at radius 1 is 1.20 bits per heavy atom. The van der Waals surface area contributed by atoms with Crippen LogP contribution in [0.4, 0.5) is 5.69 Å². The second-order valence-electron chi connectivity index (χ2n) is 6.18. The van der Waals surface area contributed by atoms with Crippen molar-refractivity contribution < 1.29 is 0 Å². The van der Waals surface area contributed by atoms with E-state index < -0.39 is 0 Å². The molecule has 2 atom stereocenters. The quantitative estimate of drug-likeness (QED) is 0.810. The first kappa shape index (κ1) is 13.9. The molecule has 20 heavy (non-hydrogen) atoms. The van der Waals surface area contributed by atoms with Crippen LogP contribution in [0.5, 0.6) is 0 Å². The molecule has 2 aliphatic rings. The molecule has 0 aromatic heterocycles. The smallest absolute Gasteiger partial charge is 0.0352 e. The number of piperidine rings is 1. The molecule has 1 aromatic carbocycles. The van der Waals surface area contributed by atoms with Gasteiger partial charge in [0.15, 0.2) is 0 Å². The maximum atomic E-state index is 5.55. The Kier molecular flexibility index (Phi) is 4.58. The Morgan fingerprint density at radius 2 is 2.15 bits per heavy atom.